The number of non-ortho nitro benzene ring substituents is 2. The van der Waals surface area contributed by atoms with Gasteiger partial charge in [0, 0.05) is 35.4 Å². The predicted octanol–water partition coefficient (Wildman–Crippen LogP) is 4.89. The van der Waals surface area contributed by atoms with E-state index in [-0.39, 0.29) is 43.9 Å². The summed E-state index contributed by atoms with van der Waals surface area (Å²) >= 11 is 12.5. The third-order valence-corrected chi connectivity index (χ3v) is 5.00. The van der Waals surface area contributed by atoms with Crippen LogP contribution in [0.4, 0.5) is 22.7 Å². The number of primary amides is 1. The first-order valence-corrected chi connectivity index (χ1v) is 9.48. The number of anilines is 2. The van der Waals surface area contributed by atoms with Crippen LogP contribution < -0.4 is 10.6 Å². The highest BCUT2D eigenvalue weighted by Crippen LogP contribution is 2.40. The lowest BCUT2D eigenvalue weighted by Crippen LogP contribution is -2.27. The van der Waals surface area contributed by atoms with Gasteiger partial charge in [-0.2, -0.15) is 0 Å². The van der Waals surface area contributed by atoms with Gasteiger partial charge in [0.05, 0.1) is 31.3 Å². The Kier molecular flexibility index (Phi) is 6.37. The van der Waals surface area contributed by atoms with Crippen LogP contribution in [0.5, 0.6) is 0 Å². The summed E-state index contributed by atoms with van der Waals surface area (Å²) in [5.41, 5.74) is 4.24. The van der Waals surface area contributed by atoms with Crippen LogP contribution in [0, 0.1) is 20.2 Å². The molecule has 0 heterocycles. The molecule has 2 amide bonds. The van der Waals surface area contributed by atoms with E-state index in [4.69, 9.17) is 28.9 Å². The second-order valence-electron chi connectivity index (χ2n) is 6.37. The number of rotatable bonds is 6. The number of halogens is 2. The van der Waals surface area contributed by atoms with Gasteiger partial charge in [-0.15, -0.1) is 0 Å². The van der Waals surface area contributed by atoms with Crippen molar-refractivity contribution in [3.8, 4) is 0 Å². The van der Waals surface area contributed by atoms with Crippen molar-refractivity contribution in [1.82, 2.24) is 0 Å². The zero-order chi connectivity index (χ0) is 23.6. The number of nitrogens with two attached hydrogens (primary N) is 1. The number of amides is 2. The summed E-state index contributed by atoms with van der Waals surface area (Å²) in [5.74, 6) is -1.59. The van der Waals surface area contributed by atoms with Crippen LogP contribution in [-0.4, -0.2) is 21.7 Å². The summed E-state index contributed by atoms with van der Waals surface area (Å²) < 4.78 is 0. The molecule has 0 spiro atoms. The van der Waals surface area contributed by atoms with Crippen molar-refractivity contribution >= 4 is 57.8 Å². The summed E-state index contributed by atoms with van der Waals surface area (Å²) in [6.07, 6.45) is 0. The molecule has 0 aliphatic heterocycles. The Labute approximate surface area is 190 Å². The second kappa shape index (κ2) is 9.00. The van der Waals surface area contributed by atoms with Gasteiger partial charge in [0.15, 0.2) is 0 Å². The van der Waals surface area contributed by atoms with Crippen molar-refractivity contribution in [2.24, 2.45) is 5.73 Å². The molecule has 0 unspecified atom stereocenters. The number of carbonyl (C=O) groups is 2. The Morgan fingerprint density at radius 1 is 0.781 bits per heavy atom. The Morgan fingerprint density at radius 2 is 1.25 bits per heavy atom. The molecule has 0 aliphatic carbocycles. The summed E-state index contributed by atoms with van der Waals surface area (Å²) in [6.45, 7) is 0. The third kappa shape index (κ3) is 4.51. The van der Waals surface area contributed by atoms with Gasteiger partial charge in [0.25, 0.3) is 17.3 Å². The molecule has 0 saturated carbocycles. The molecule has 0 saturated heterocycles. The van der Waals surface area contributed by atoms with Gasteiger partial charge in [-0.05, 0) is 30.3 Å². The summed E-state index contributed by atoms with van der Waals surface area (Å²) in [7, 11) is 0. The van der Waals surface area contributed by atoms with E-state index in [1.54, 1.807) is 0 Å². The fourth-order valence-electron chi connectivity index (χ4n) is 2.86. The molecule has 0 aromatic heterocycles. The molecule has 0 aliphatic rings. The van der Waals surface area contributed by atoms with Crippen molar-refractivity contribution in [3.63, 3.8) is 0 Å². The molecule has 162 valence electrons. The summed E-state index contributed by atoms with van der Waals surface area (Å²) in [6, 6.07) is 12.2. The van der Waals surface area contributed by atoms with Gasteiger partial charge in [-0.25, -0.2) is 0 Å². The zero-order valence-corrected chi connectivity index (χ0v) is 17.4. The molecule has 32 heavy (non-hydrogen) atoms. The minimum atomic E-state index is -0.808. The number of carbonyl (C=O) groups excluding carboxylic acids is 2. The molecule has 12 heteroatoms. The minimum absolute atomic E-state index is 0.0334. The largest absolute Gasteiger partial charge is 0.366 e. The molecule has 0 bridgehead atoms. The van der Waals surface area contributed by atoms with Crippen LogP contribution in [-0.2, 0) is 0 Å². The SMILES string of the molecule is NC(=O)c1cccc(C(=O)N(c2cc([N+](=O)[O-])ccc2Cl)c2cc([N+](=O)[O-])ccc2Cl)c1. The summed E-state index contributed by atoms with van der Waals surface area (Å²) in [4.78, 5) is 47.1. The molecule has 3 aromatic carbocycles. The number of nitro benzene ring substituents is 2. The molecule has 3 rings (SSSR count). The molecular weight excluding hydrogens is 463 g/mol. The Bertz CT molecular complexity index is 1220. The number of nitrogens with zero attached hydrogens (tertiary/aromatic N) is 3. The molecule has 3 aromatic rings. The molecular formula is C20H12Cl2N4O6. The van der Waals surface area contributed by atoms with Crippen molar-refractivity contribution in [3.05, 3.63) is 102 Å². The molecule has 10 nitrogen and oxygen atoms in total. The first-order valence-electron chi connectivity index (χ1n) is 8.72. The minimum Gasteiger partial charge on any atom is -0.366 e. The Hall–Kier alpha value is -4.02. The van der Waals surface area contributed by atoms with Crippen LogP contribution >= 0.6 is 23.2 Å². The van der Waals surface area contributed by atoms with Gasteiger partial charge < -0.3 is 5.73 Å². The number of hydrogen-bond acceptors (Lipinski definition) is 6. The zero-order valence-electron chi connectivity index (χ0n) is 15.9. The fourth-order valence-corrected chi connectivity index (χ4v) is 3.26. The van der Waals surface area contributed by atoms with E-state index in [2.05, 4.69) is 0 Å². The quantitative estimate of drug-likeness (QED) is 0.396. The maximum absolute atomic E-state index is 13.5. The smallest absolute Gasteiger partial charge is 0.271 e. The first-order chi connectivity index (χ1) is 15.1. The Balaban J connectivity index is 2.30. The van der Waals surface area contributed by atoms with E-state index in [9.17, 15) is 29.8 Å². The van der Waals surface area contributed by atoms with Crippen LogP contribution in [0.15, 0.2) is 60.7 Å². The Morgan fingerprint density at radius 3 is 1.69 bits per heavy atom. The lowest BCUT2D eigenvalue weighted by atomic mass is 10.1. The van der Waals surface area contributed by atoms with E-state index >= 15 is 0 Å². The van der Waals surface area contributed by atoms with Gasteiger partial charge >= 0.3 is 0 Å². The van der Waals surface area contributed by atoms with Gasteiger partial charge in [-0.3, -0.25) is 34.7 Å². The van der Waals surface area contributed by atoms with Crippen molar-refractivity contribution in [2.75, 3.05) is 4.90 Å². The van der Waals surface area contributed by atoms with Crippen LogP contribution in [0.2, 0.25) is 10.0 Å². The van der Waals surface area contributed by atoms with Crippen molar-refractivity contribution < 1.29 is 19.4 Å². The van der Waals surface area contributed by atoms with Gasteiger partial charge in [-0.1, -0.05) is 29.3 Å². The lowest BCUT2D eigenvalue weighted by molar-refractivity contribution is -0.384. The number of hydrogen-bond donors (Lipinski definition) is 1. The van der Waals surface area contributed by atoms with E-state index in [1.807, 2.05) is 0 Å². The highest BCUT2D eigenvalue weighted by molar-refractivity contribution is 6.37. The van der Waals surface area contributed by atoms with Crippen molar-refractivity contribution in [2.45, 2.75) is 0 Å². The van der Waals surface area contributed by atoms with Crippen LogP contribution in [0.3, 0.4) is 0 Å². The van der Waals surface area contributed by atoms with E-state index in [0.717, 1.165) is 29.2 Å². The third-order valence-electron chi connectivity index (χ3n) is 4.36. The molecule has 0 radical (unpaired) electrons. The standard InChI is InChI=1S/C20H12Cl2N4O6/c21-15-6-4-13(25(29)30)9-17(15)24(18-10-14(26(31)32)5-7-16(18)22)20(28)12-3-1-2-11(8-12)19(23)27/h1-10H,(H2,23,27). The van der Waals surface area contributed by atoms with E-state index in [1.165, 1.54) is 36.4 Å². The topological polar surface area (TPSA) is 150 Å². The lowest BCUT2D eigenvalue weighted by Gasteiger charge is -2.25. The fraction of sp³-hybridized carbons (Fsp3) is 0. The number of nitro groups is 2. The van der Waals surface area contributed by atoms with Crippen molar-refractivity contribution in [1.29, 1.82) is 0 Å². The van der Waals surface area contributed by atoms with E-state index < -0.39 is 21.7 Å². The molecule has 2 N–H and O–H groups in total. The normalized spacial score (nSPS) is 10.4. The maximum Gasteiger partial charge on any atom is 0.271 e. The monoisotopic (exact) mass is 474 g/mol. The predicted molar refractivity (Wildman–Crippen MR) is 118 cm³/mol. The average Bonchev–Trinajstić information content (AvgIpc) is 2.75. The molecule has 0 fully saturated rings. The first kappa shape index (κ1) is 22.7. The van der Waals surface area contributed by atoms with Gasteiger partial charge in [0.1, 0.15) is 0 Å². The maximum atomic E-state index is 13.5. The van der Waals surface area contributed by atoms with Gasteiger partial charge in [0.2, 0.25) is 5.91 Å². The highest BCUT2D eigenvalue weighted by Gasteiger charge is 2.28. The van der Waals surface area contributed by atoms with Crippen LogP contribution in [0.1, 0.15) is 20.7 Å². The highest BCUT2D eigenvalue weighted by atomic mass is 35.5. The van der Waals surface area contributed by atoms with E-state index in [0.29, 0.717) is 0 Å². The molecule has 0 atom stereocenters. The second-order valence-corrected chi connectivity index (χ2v) is 7.19. The average molecular weight is 475 g/mol. The summed E-state index contributed by atoms with van der Waals surface area (Å²) in [5, 5.41) is 22.5. The van der Waals surface area contributed by atoms with Crippen LogP contribution in [0.25, 0.3) is 0 Å². The number of benzene rings is 3.